The quantitative estimate of drug-likeness (QED) is 0.540. The molecule has 0 spiro atoms. The van der Waals surface area contributed by atoms with E-state index in [9.17, 15) is 10.1 Å². The van der Waals surface area contributed by atoms with Crippen LogP contribution in [-0.2, 0) is 4.74 Å². The van der Waals surface area contributed by atoms with Crippen molar-refractivity contribution in [2.75, 3.05) is 0 Å². The van der Waals surface area contributed by atoms with E-state index in [-0.39, 0.29) is 5.69 Å². The molecule has 0 N–H and O–H groups in total. The molecule has 6 nitrogen and oxygen atoms in total. The lowest BCUT2D eigenvalue weighted by Crippen LogP contribution is -2.22. The van der Waals surface area contributed by atoms with Gasteiger partial charge >= 0.3 is 0 Å². The summed E-state index contributed by atoms with van der Waals surface area (Å²) in [5.41, 5.74) is -0.0379. The minimum absolute atomic E-state index is 0.0379. The Hall–Kier alpha value is -1.82. The lowest BCUT2D eigenvalue weighted by atomic mass is 10.3. The molecule has 2 atom stereocenters. The number of rotatable bonds is 1. The van der Waals surface area contributed by atoms with Crippen molar-refractivity contribution >= 4 is 5.69 Å². The largest absolute Gasteiger partial charge is 0.461 e. The summed E-state index contributed by atoms with van der Waals surface area (Å²) < 4.78 is 16.0. The molecule has 0 saturated heterocycles. The van der Waals surface area contributed by atoms with Gasteiger partial charge in [0, 0.05) is 6.07 Å². The Bertz CT molecular complexity index is 420. The van der Waals surface area contributed by atoms with Gasteiger partial charge in [-0.1, -0.05) is 0 Å². The third-order valence-corrected chi connectivity index (χ3v) is 2.11. The Balaban J connectivity index is 2.38. The number of nitrogens with zero attached hydrogens (tertiary/aromatic N) is 1. The first-order chi connectivity index (χ1) is 7.56. The van der Waals surface area contributed by atoms with Crippen molar-refractivity contribution in [1.29, 1.82) is 0 Å². The van der Waals surface area contributed by atoms with Gasteiger partial charge in [0.05, 0.1) is 11.0 Å². The van der Waals surface area contributed by atoms with E-state index in [2.05, 4.69) is 0 Å². The molecule has 0 amide bonds. The molecule has 1 aliphatic rings. The smallest absolute Gasteiger partial charge is 0.273 e. The molecule has 2 rings (SSSR count). The Kier molecular flexibility index (Phi) is 2.66. The molecule has 1 aromatic carbocycles. The van der Waals surface area contributed by atoms with Gasteiger partial charge in [-0.15, -0.1) is 0 Å². The zero-order chi connectivity index (χ0) is 11.7. The highest BCUT2D eigenvalue weighted by atomic mass is 16.8. The fourth-order valence-corrected chi connectivity index (χ4v) is 1.48. The summed E-state index contributed by atoms with van der Waals surface area (Å²) >= 11 is 0. The summed E-state index contributed by atoms with van der Waals surface area (Å²) in [6, 6.07) is 4.20. The van der Waals surface area contributed by atoms with Gasteiger partial charge in [-0.2, -0.15) is 0 Å². The highest BCUT2D eigenvalue weighted by Gasteiger charge is 2.22. The van der Waals surface area contributed by atoms with E-state index >= 15 is 0 Å². The Morgan fingerprint density at radius 3 is 2.44 bits per heavy atom. The second-order valence-electron chi connectivity index (χ2n) is 3.40. The van der Waals surface area contributed by atoms with Gasteiger partial charge in [-0.05, 0) is 19.9 Å². The van der Waals surface area contributed by atoms with E-state index in [1.165, 1.54) is 18.2 Å². The molecular weight excluding hydrogens is 214 g/mol. The van der Waals surface area contributed by atoms with Crippen LogP contribution in [0.25, 0.3) is 0 Å². The molecule has 1 aliphatic heterocycles. The van der Waals surface area contributed by atoms with Crippen molar-refractivity contribution < 1.29 is 19.1 Å². The molecule has 0 aromatic heterocycles. The molecule has 6 heteroatoms. The monoisotopic (exact) mass is 225 g/mol. The van der Waals surface area contributed by atoms with Gasteiger partial charge in [0.15, 0.2) is 11.5 Å². The van der Waals surface area contributed by atoms with Crippen LogP contribution in [0.3, 0.4) is 0 Å². The van der Waals surface area contributed by atoms with E-state index in [1.807, 2.05) is 0 Å². The van der Waals surface area contributed by atoms with Crippen LogP contribution in [0.1, 0.15) is 13.8 Å². The van der Waals surface area contributed by atoms with Gasteiger partial charge in [0.25, 0.3) is 5.69 Å². The van der Waals surface area contributed by atoms with Crippen LogP contribution in [-0.4, -0.2) is 17.5 Å². The second kappa shape index (κ2) is 3.97. The highest BCUT2D eigenvalue weighted by molar-refractivity contribution is 5.48. The Morgan fingerprint density at radius 1 is 1.19 bits per heavy atom. The first-order valence-corrected chi connectivity index (χ1v) is 4.83. The molecular formula is C10H11NO5. The fraction of sp³-hybridized carbons (Fsp3) is 0.400. The second-order valence-corrected chi connectivity index (χ2v) is 3.40. The lowest BCUT2D eigenvalue weighted by molar-refractivity contribution is -0.385. The maximum Gasteiger partial charge on any atom is 0.273 e. The number of non-ortho nitro benzene ring substituents is 1. The number of fused-ring (bicyclic) bond motifs is 1. The number of hydrogen-bond donors (Lipinski definition) is 0. The number of nitro benzene ring substituents is 1. The summed E-state index contributed by atoms with van der Waals surface area (Å²) in [5, 5.41) is 10.6. The first kappa shape index (κ1) is 10.7. The van der Waals surface area contributed by atoms with Crippen LogP contribution >= 0.6 is 0 Å². The van der Waals surface area contributed by atoms with Gasteiger partial charge in [0.2, 0.25) is 12.6 Å². The van der Waals surface area contributed by atoms with E-state index in [4.69, 9.17) is 14.2 Å². The van der Waals surface area contributed by atoms with Crippen molar-refractivity contribution in [2.45, 2.75) is 26.4 Å². The SMILES string of the molecule is C[C@H]1Oc2ccc([N+](=O)[O-])cc2O[C@H](C)O1. The average molecular weight is 225 g/mol. The van der Waals surface area contributed by atoms with Crippen molar-refractivity contribution in [1.82, 2.24) is 0 Å². The van der Waals surface area contributed by atoms with Gasteiger partial charge in [-0.3, -0.25) is 10.1 Å². The molecule has 1 heterocycles. The van der Waals surface area contributed by atoms with E-state index < -0.39 is 17.5 Å². The fourth-order valence-electron chi connectivity index (χ4n) is 1.48. The van der Waals surface area contributed by atoms with E-state index in [0.717, 1.165) is 0 Å². The van der Waals surface area contributed by atoms with Crippen LogP contribution in [0.4, 0.5) is 5.69 Å². The number of ether oxygens (including phenoxy) is 3. The first-order valence-electron chi connectivity index (χ1n) is 4.83. The molecule has 0 unspecified atom stereocenters. The predicted octanol–water partition coefficient (Wildman–Crippen LogP) is 2.07. The maximum atomic E-state index is 10.6. The van der Waals surface area contributed by atoms with Crippen molar-refractivity contribution in [2.24, 2.45) is 0 Å². The van der Waals surface area contributed by atoms with E-state index in [1.54, 1.807) is 13.8 Å². The molecule has 1 aromatic rings. The molecule has 0 fully saturated rings. The summed E-state index contributed by atoms with van der Waals surface area (Å²) in [5.74, 6) is 0.772. The van der Waals surface area contributed by atoms with Crippen LogP contribution < -0.4 is 9.47 Å². The van der Waals surface area contributed by atoms with Gasteiger partial charge in [0.1, 0.15) is 0 Å². The third kappa shape index (κ3) is 2.06. The molecule has 16 heavy (non-hydrogen) atoms. The predicted molar refractivity (Wildman–Crippen MR) is 54.4 cm³/mol. The molecule has 86 valence electrons. The van der Waals surface area contributed by atoms with Crippen LogP contribution in [0, 0.1) is 10.1 Å². The van der Waals surface area contributed by atoms with Gasteiger partial charge in [-0.25, -0.2) is 0 Å². The molecule has 0 aliphatic carbocycles. The zero-order valence-corrected chi connectivity index (χ0v) is 8.88. The van der Waals surface area contributed by atoms with Crippen molar-refractivity contribution in [3.05, 3.63) is 28.3 Å². The zero-order valence-electron chi connectivity index (χ0n) is 8.88. The third-order valence-electron chi connectivity index (χ3n) is 2.11. The lowest BCUT2D eigenvalue weighted by Gasteiger charge is -2.13. The summed E-state index contributed by atoms with van der Waals surface area (Å²) in [4.78, 5) is 10.1. The minimum Gasteiger partial charge on any atom is -0.461 e. The number of nitro groups is 1. The summed E-state index contributed by atoms with van der Waals surface area (Å²) in [7, 11) is 0. The highest BCUT2D eigenvalue weighted by Crippen LogP contribution is 2.35. The molecule has 0 saturated carbocycles. The topological polar surface area (TPSA) is 70.8 Å². The van der Waals surface area contributed by atoms with Crippen molar-refractivity contribution in [3.63, 3.8) is 0 Å². The van der Waals surface area contributed by atoms with Gasteiger partial charge < -0.3 is 14.2 Å². The number of benzene rings is 1. The van der Waals surface area contributed by atoms with Crippen LogP contribution in [0.2, 0.25) is 0 Å². The van der Waals surface area contributed by atoms with Crippen LogP contribution in [0.5, 0.6) is 11.5 Å². The standard InChI is InChI=1S/C10H11NO5/c1-6-14-7(2)16-10-5-8(11(12)13)3-4-9(10)15-6/h3-7H,1-2H3/t6-,7-/m1/s1. The minimum atomic E-state index is -0.502. The van der Waals surface area contributed by atoms with Crippen molar-refractivity contribution in [3.8, 4) is 11.5 Å². The summed E-state index contributed by atoms with van der Waals surface area (Å²) in [6.45, 7) is 3.43. The number of hydrogen-bond acceptors (Lipinski definition) is 5. The molecule has 0 radical (unpaired) electrons. The van der Waals surface area contributed by atoms with E-state index in [0.29, 0.717) is 11.5 Å². The Labute approximate surface area is 91.9 Å². The normalized spacial score (nSPS) is 23.6. The maximum absolute atomic E-state index is 10.6. The summed E-state index contributed by atoms with van der Waals surface area (Å²) in [6.07, 6.45) is -0.948. The van der Waals surface area contributed by atoms with Crippen LogP contribution in [0.15, 0.2) is 18.2 Å². The average Bonchev–Trinajstić information content (AvgIpc) is 2.32. The molecule has 0 bridgehead atoms. The Morgan fingerprint density at radius 2 is 1.81 bits per heavy atom.